The molecule has 1 aliphatic heterocycles. The van der Waals surface area contributed by atoms with Crippen molar-refractivity contribution in [1.29, 1.82) is 0 Å². The number of alkyl halides is 3. The van der Waals surface area contributed by atoms with Crippen molar-refractivity contribution in [3.63, 3.8) is 0 Å². The maximum absolute atomic E-state index is 13.0. The van der Waals surface area contributed by atoms with Crippen molar-refractivity contribution in [2.24, 2.45) is 0 Å². The molecular weight excluding hydrogens is 561 g/mol. The zero-order valence-electron chi connectivity index (χ0n) is 23.8. The quantitative estimate of drug-likeness (QED) is 0.306. The summed E-state index contributed by atoms with van der Waals surface area (Å²) < 4.78 is 59.6. The molecule has 0 bridgehead atoms. The second-order valence-electron chi connectivity index (χ2n) is 11.3. The second-order valence-corrected chi connectivity index (χ2v) is 16.0. The number of carbonyl (C=O) groups is 1. The van der Waals surface area contributed by atoms with Gasteiger partial charge in [0.15, 0.2) is 14.1 Å². The van der Waals surface area contributed by atoms with Gasteiger partial charge >= 0.3 is 6.36 Å². The number of amides is 1. The van der Waals surface area contributed by atoms with Crippen LogP contribution in [0.4, 0.5) is 19.0 Å². The van der Waals surface area contributed by atoms with Gasteiger partial charge < -0.3 is 29.0 Å². The monoisotopic (exact) mass is 594 g/mol. The minimum absolute atomic E-state index is 0.0425. The van der Waals surface area contributed by atoms with Crippen LogP contribution in [-0.4, -0.2) is 46.3 Å². The van der Waals surface area contributed by atoms with Gasteiger partial charge in [0.2, 0.25) is 5.89 Å². The Morgan fingerprint density at radius 3 is 2.66 bits per heavy atom. The second kappa shape index (κ2) is 10.9. The molecule has 0 saturated carbocycles. The maximum atomic E-state index is 13.0. The van der Waals surface area contributed by atoms with Gasteiger partial charge in [-0.2, -0.15) is 9.90 Å². The Balaban J connectivity index is 1.34. The first-order chi connectivity index (χ1) is 18.9. The number of nitrogens with zero attached hydrogens (tertiary/aromatic N) is 4. The van der Waals surface area contributed by atoms with Crippen LogP contribution < -0.4 is 15.4 Å². The lowest BCUT2D eigenvalue weighted by molar-refractivity contribution is -0.274. The number of nitrogens with one attached hydrogen (secondary N) is 2. The smallest absolute Gasteiger partial charge is 0.457 e. The van der Waals surface area contributed by atoms with Crippen molar-refractivity contribution in [2.45, 2.75) is 77.5 Å². The highest BCUT2D eigenvalue weighted by molar-refractivity contribution is 6.74. The van der Waals surface area contributed by atoms with Crippen LogP contribution in [0.25, 0.3) is 5.76 Å². The maximum Gasteiger partial charge on any atom is 0.573 e. The summed E-state index contributed by atoms with van der Waals surface area (Å²) in [4.78, 5) is 18.7. The fourth-order valence-corrected chi connectivity index (χ4v) is 4.98. The third-order valence-electron chi connectivity index (χ3n) is 6.85. The van der Waals surface area contributed by atoms with E-state index in [1.165, 1.54) is 42.3 Å². The summed E-state index contributed by atoms with van der Waals surface area (Å²) in [6.07, 6.45) is -0.811. The van der Waals surface area contributed by atoms with Gasteiger partial charge in [-0.25, -0.2) is 4.98 Å². The molecule has 41 heavy (non-hydrogen) atoms. The van der Waals surface area contributed by atoms with Crippen molar-refractivity contribution in [2.75, 3.05) is 5.32 Å². The molecule has 11 nitrogen and oxygen atoms in total. The fourth-order valence-electron chi connectivity index (χ4n) is 3.64. The van der Waals surface area contributed by atoms with Crippen molar-refractivity contribution in [3.8, 4) is 5.75 Å². The highest BCUT2D eigenvalue weighted by Crippen LogP contribution is 2.39. The molecule has 0 saturated heterocycles. The standard InChI is InChI=1S/C26H33F3N6O5Si/c1-16(40-41(6,7)24(2,3)4)22-30-12-19(37-22)15-35-32-14-21(34-35)33-23(36)25(5)31-13-20(39-25)17-9-8-10-18(11-17)38-26(27,28)29/h8-14,16,31H,15H2,1-7H3,(H,33,34,36). The summed E-state index contributed by atoms with van der Waals surface area (Å²) in [5, 5.41) is 13.9. The van der Waals surface area contributed by atoms with Crippen molar-refractivity contribution >= 4 is 25.8 Å². The number of ether oxygens (including phenoxy) is 2. The molecule has 0 fully saturated rings. The lowest BCUT2D eigenvalue weighted by atomic mass is 10.2. The normalized spacial score (nSPS) is 18.3. The Morgan fingerprint density at radius 1 is 1.24 bits per heavy atom. The van der Waals surface area contributed by atoms with Gasteiger partial charge in [0.25, 0.3) is 11.6 Å². The van der Waals surface area contributed by atoms with Crippen LogP contribution in [0.5, 0.6) is 5.75 Å². The van der Waals surface area contributed by atoms with E-state index in [1.54, 1.807) is 6.20 Å². The number of halogens is 3. The van der Waals surface area contributed by atoms with E-state index in [1.807, 2.05) is 6.92 Å². The molecule has 15 heteroatoms. The van der Waals surface area contributed by atoms with Crippen LogP contribution in [0.1, 0.15) is 57.9 Å². The molecule has 3 aromatic rings. The van der Waals surface area contributed by atoms with Crippen LogP contribution in [0, 0.1) is 0 Å². The summed E-state index contributed by atoms with van der Waals surface area (Å²) in [6.45, 7) is 14.3. The SMILES string of the molecule is CC(O[Si](C)(C)C(C)(C)C)c1ncc(Cn2ncc(NC(=O)C3(C)NC=C(c4cccc(OC(F)(F)F)c4)O3)n2)o1. The van der Waals surface area contributed by atoms with Gasteiger partial charge in [-0.3, -0.25) is 4.79 Å². The molecule has 0 aliphatic carbocycles. The molecule has 2 atom stereocenters. The lowest BCUT2D eigenvalue weighted by Gasteiger charge is -2.37. The zero-order chi connectivity index (χ0) is 30.2. The average molecular weight is 595 g/mol. The van der Waals surface area contributed by atoms with Crippen LogP contribution >= 0.6 is 0 Å². The molecular formula is C26H33F3N6O5Si. The summed E-state index contributed by atoms with van der Waals surface area (Å²) in [6, 6.07) is 5.24. The summed E-state index contributed by atoms with van der Waals surface area (Å²) in [5.41, 5.74) is -1.27. The molecule has 1 aromatic carbocycles. The predicted molar refractivity (Wildman–Crippen MR) is 145 cm³/mol. The van der Waals surface area contributed by atoms with Crippen LogP contribution in [-0.2, 0) is 20.5 Å². The summed E-state index contributed by atoms with van der Waals surface area (Å²) in [5.74, 6) is 0.277. The number of oxazole rings is 1. The largest absolute Gasteiger partial charge is 0.573 e. The molecule has 0 radical (unpaired) electrons. The van der Waals surface area contributed by atoms with Gasteiger partial charge in [0.05, 0.1) is 12.4 Å². The Labute approximate surface area is 236 Å². The Bertz CT molecular complexity index is 1430. The minimum Gasteiger partial charge on any atom is -0.457 e. The van der Waals surface area contributed by atoms with Crippen molar-refractivity contribution < 1.29 is 36.3 Å². The van der Waals surface area contributed by atoms with Crippen LogP contribution in [0.2, 0.25) is 18.1 Å². The van der Waals surface area contributed by atoms with E-state index < -0.39 is 32.1 Å². The topological polar surface area (TPSA) is 126 Å². The third-order valence-corrected chi connectivity index (χ3v) is 11.4. The molecule has 4 rings (SSSR count). The van der Waals surface area contributed by atoms with E-state index in [9.17, 15) is 18.0 Å². The number of anilines is 1. The van der Waals surface area contributed by atoms with E-state index in [-0.39, 0.29) is 34.8 Å². The first kappa shape index (κ1) is 30.1. The summed E-state index contributed by atoms with van der Waals surface area (Å²) in [7, 11) is -2.02. The molecule has 2 unspecified atom stereocenters. The predicted octanol–water partition coefficient (Wildman–Crippen LogP) is 5.57. The van der Waals surface area contributed by atoms with Gasteiger partial charge in [-0.1, -0.05) is 32.9 Å². The van der Waals surface area contributed by atoms with E-state index in [0.717, 1.165) is 6.07 Å². The van der Waals surface area contributed by atoms with Gasteiger partial charge in [-0.05, 0) is 37.2 Å². The van der Waals surface area contributed by atoms with Crippen molar-refractivity contribution in [3.05, 3.63) is 60.1 Å². The number of carbonyl (C=O) groups excluding carboxylic acids is 1. The number of hydrogen-bond donors (Lipinski definition) is 2. The molecule has 1 amide bonds. The number of hydrogen-bond acceptors (Lipinski definition) is 9. The van der Waals surface area contributed by atoms with Gasteiger partial charge in [0, 0.05) is 18.7 Å². The molecule has 3 heterocycles. The highest BCUT2D eigenvalue weighted by atomic mass is 28.4. The third kappa shape index (κ3) is 7.27. The molecule has 2 aromatic heterocycles. The summed E-state index contributed by atoms with van der Waals surface area (Å²) >= 11 is 0. The van der Waals surface area contributed by atoms with E-state index in [0.29, 0.717) is 11.7 Å². The molecule has 1 aliphatic rings. The Hall–Kier alpha value is -3.85. The molecule has 222 valence electrons. The fraction of sp³-hybridized carbons (Fsp3) is 0.462. The van der Waals surface area contributed by atoms with Crippen LogP contribution in [0.15, 0.2) is 47.3 Å². The van der Waals surface area contributed by atoms with Crippen molar-refractivity contribution in [1.82, 2.24) is 25.3 Å². The number of aromatic nitrogens is 4. The van der Waals surface area contributed by atoms with Gasteiger partial charge in [-0.15, -0.1) is 18.3 Å². The first-order valence-electron chi connectivity index (χ1n) is 12.8. The molecule has 2 N–H and O–H groups in total. The lowest BCUT2D eigenvalue weighted by Crippen LogP contribution is -2.49. The van der Waals surface area contributed by atoms with Crippen LogP contribution in [0.3, 0.4) is 0 Å². The number of rotatable bonds is 9. The average Bonchev–Trinajstić information content (AvgIpc) is 3.58. The minimum atomic E-state index is -4.83. The number of benzene rings is 1. The molecule has 0 spiro atoms. The van der Waals surface area contributed by atoms with Gasteiger partial charge in [0.1, 0.15) is 29.9 Å². The highest BCUT2D eigenvalue weighted by Gasteiger charge is 2.41. The first-order valence-corrected chi connectivity index (χ1v) is 15.7. The van der Waals surface area contributed by atoms with E-state index in [2.05, 4.69) is 64.4 Å². The Kier molecular flexibility index (Phi) is 7.97. The Morgan fingerprint density at radius 2 is 1.98 bits per heavy atom. The van der Waals surface area contributed by atoms with E-state index in [4.69, 9.17) is 13.6 Å². The van der Waals surface area contributed by atoms with E-state index >= 15 is 0 Å². The zero-order valence-corrected chi connectivity index (χ0v) is 24.8.